The van der Waals surface area contributed by atoms with Crippen LogP contribution in [0.1, 0.15) is 13.8 Å². The quantitative estimate of drug-likeness (QED) is 0.800. The molecular formula is C13H14O2S. The molecule has 0 amide bonds. The van der Waals surface area contributed by atoms with Crippen LogP contribution in [0.15, 0.2) is 47.4 Å². The van der Waals surface area contributed by atoms with Gasteiger partial charge in [-0.2, -0.15) is 0 Å². The molecule has 16 heavy (non-hydrogen) atoms. The molecule has 0 heterocycles. The molecule has 2 aromatic rings. The van der Waals surface area contributed by atoms with E-state index in [4.69, 9.17) is 0 Å². The molecule has 0 radical (unpaired) electrons. The van der Waals surface area contributed by atoms with Crippen molar-refractivity contribution in [3.05, 3.63) is 42.5 Å². The van der Waals surface area contributed by atoms with Crippen molar-refractivity contribution in [2.45, 2.75) is 24.0 Å². The summed E-state index contributed by atoms with van der Waals surface area (Å²) in [5.41, 5.74) is 0. The topological polar surface area (TPSA) is 34.1 Å². The van der Waals surface area contributed by atoms with Crippen LogP contribution >= 0.6 is 0 Å². The Morgan fingerprint density at radius 2 is 1.56 bits per heavy atom. The lowest BCUT2D eigenvalue weighted by Gasteiger charge is -2.10. The third kappa shape index (κ3) is 1.71. The summed E-state index contributed by atoms with van der Waals surface area (Å²) in [5, 5.41) is 1.38. The molecule has 0 unspecified atom stereocenters. The van der Waals surface area contributed by atoms with Crippen LogP contribution in [0.3, 0.4) is 0 Å². The number of fused-ring (bicyclic) bond motifs is 1. The first-order valence-electron chi connectivity index (χ1n) is 5.25. The Morgan fingerprint density at radius 3 is 2.25 bits per heavy atom. The maximum atomic E-state index is 12.1. The number of hydrogen-bond donors (Lipinski definition) is 0. The lowest BCUT2D eigenvalue weighted by molar-refractivity contribution is 0.588. The van der Waals surface area contributed by atoms with Gasteiger partial charge in [0.25, 0.3) is 0 Å². The van der Waals surface area contributed by atoms with E-state index in [0.29, 0.717) is 4.90 Å². The van der Waals surface area contributed by atoms with Crippen molar-refractivity contribution >= 4 is 20.6 Å². The SMILES string of the molecule is CC(C)S(=O)(=O)c1cccc2ccccc12. The highest BCUT2D eigenvalue weighted by Gasteiger charge is 2.20. The molecule has 0 aliphatic heterocycles. The Bertz CT molecular complexity index is 607. The molecule has 0 aromatic heterocycles. The molecular weight excluding hydrogens is 220 g/mol. The van der Waals surface area contributed by atoms with E-state index < -0.39 is 15.1 Å². The van der Waals surface area contributed by atoms with Gasteiger partial charge in [0.1, 0.15) is 0 Å². The van der Waals surface area contributed by atoms with Gasteiger partial charge in [-0.3, -0.25) is 0 Å². The predicted octanol–water partition coefficient (Wildman–Crippen LogP) is 3.02. The molecule has 0 spiro atoms. The maximum absolute atomic E-state index is 12.1. The average molecular weight is 234 g/mol. The van der Waals surface area contributed by atoms with Crippen LogP contribution in [0.5, 0.6) is 0 Å². The molecule has 0 bridgehead atoms. The van der Waals surface area contributed by atoms with Crippen molar-refractivity contribution in [2.24, 2.45) is 0 Å². The summed E-state index contributed by atoms with van der Waals surface area (Å²) in [6.45, 7) is 3.41. The highest BCUT2D eigenvalue weighted by Crippen LogP contribution is 2.25. The number of hydrogen-bond acceptors (Lipinski definition) is 2. The Kier molecular flexibility index (Phi) is 2.72. The third-order valence-corrected chi connectivity index (χ3v) is 4.89. The summed E-state index contributed by atoms with van der Waals surface area (Å²) in [4.78, 5) is 0.431. The molecule has 0 aliphatic rings. The van der Waals surface area contributed by atoms with E-state index in [-0.39, 0.29) is 0 Å². The van der Waals surface area contributed by atoms with Gasteiger partial charge >= 0.3 is 0 Å². The van der Waals surface area contributed by atoms with E-state index in [2.05, 4.69) is 0 Å². The number of rotatable bonds is 2. The Balaban J connectivity index is 2.80. The molecule has 3 heteroatoms. The molecule has 0 fully saturated rings. The van der Waals surface area contributed by atoms with E-state index in [1.807, 2.05) is 30.3 Å². The zero-order valence-corrected chi connectivity index (χ0v) is 10.2. The fourth-order valence-electron chi connectivity index (χ4n) is 1.70. The second-order valence-corrected chi connectivity index (χ2v) is 6.54. The maximum Gasteiger partial charge on any atom is 0.181 e. The van der Waals surface area contributed by atoms with Crippen molar-refractivity contribution in [3.63, 3.8) is 0 Å². The van der Waals surface area contributed by atoms with Crippen molar-refractivity contribution in [3.8, 4) is 0 Å². The molecule has 0 saturated carbocycles. The lowest BCUT2D eigenvalue weighted by Crippen LogP contribution is -2.14. The van der Waals surface area contributed by atoms with Crippen LogP contribution in [-0.2, 0) is 9.84 Å². The minimum absolute atomic E-state index is 0.390. The molecule has 0 N–H and O–H groups in total. The van der Waals surface area contributed by atoms with E-state index in [9.17, 15) is 8.42 Å². The zero-order chi connectivity index (χ0) is 11.8. The largest absolute Gasteiger partial charge is 0.223 e. The molecule has 2 aromatic carbocycles. The van der Waals surface area contributed by atoms with Gasteiger partial charge in [0.05, 0.1) is 10.1 Å². The first-order chi connectivity index (χ1) is 7.53. The summed E-state index contributed by atoms with van der Waals surface area (Å²) in [5.74, 6) is 0. The normalized spacial score (nSPS) is 12.2. The fourth-order valence-corrected chi connectivity index (χ4v) is 2.97. The van der Waals surface area contributed by atoms with Crippen molar-refractivity contribution in [2.75, 3.05) is 0 Å². The minimum atomic E-state index is -3.20. The summed E-state index contributed by atoms with van der Waals surface area (Å²) >= 11 is 0. The summed E-state index contributed by atoms with van der Waals surface area (Å²) in [7, 11) is -3.20. The first kappa shape index (κ1) is 11.1. The minimum Gasteiger partial charge on any atom is -0.223 e. The Labute approximate surface area is 95.8 Å². The highest BCUT2D eigenvalue weighted by atomic mass is 32.2. The van der Waals surface area contributed by atoms with Gasteiger partial charge in [-0.25, -0.2) is 8.42 Å². The van der Waals surface area contributed by atoms with Crippen molar-refractivity contribution in [1.82, 2.24) is 0 Å². The summed E-state index contributed by atoms with van der Waals surface area (Å²) < 4.78 is 24.3. The molecule has 0 atom stereocenters. The van der Waals surface area contributed by atoms with Gasteiger partial charge in [0.2, 0.25) is 0 Å². The van der Waals surface area contributed by atoms with Crippen LogP contribution in [0, 0.1) is 0 Å². The summed E-state index contributed by atoms with van der Waals surface area (Å²) in [6, 6.07) is 12.9. The molecule has 84 valence electrons. The van der Waals surface area contributed by atoms with E-state index in [1.54, 1.807) is 26.0 Å². The van der Waals surface area contributed by atoms with E-state index >= 15 is 0 Å². The second kappa shape index (κ2) is 3.91. The van der Waals surface area contributed by atoms with Crippen LogP contribution in [0.25, 0.3) is 10.8 Å². The first-order valence-corrected chi connectivity index (χ1v) is 6.80. The monoisotopic (exact) mass is 234 g/mol. The second-order valence-electron chi connectivity index (χ2n) is 4.07. The van der Waals surface area contributed by atoms with Gasteiger partial charge < -0.3 is 0 Å². The van der Waals surface area contributed by atoms with Crippen molar-refractivity contribution < 1.29 is 8.42 Å². The van der Waals surface area contributed by atoms with Crippen LogP contribution in [-0.4, -0.2) is 13.7 Å². The lowest BCUT2D eigenvalue weighted by atomic mass is 10.1. The average Bonchev–Trinajstić information content (AvgIpc) is 2.28. The predicted molar refractivity (Wildman–Crippen MR) is 66.3 cm³/mol. The van der Waals surface area contributed by atoms with Crippen molar-refractivity contribution in [1.29, 1.82) is 0 Å². The number of sulfone groups is 1. The Morgan fingerprint density at radius 1 is 0.938 bits per heavy atom. The third-order valence-electron chi connectivity index (χ3n) is 2.68. The standard InChI is InChI=1S/C13H14O2S/c1-10(2)16(14,15)13-9-5-7-11-6-3-4-8-12(11)13/h3-10H,1-2H3. The summed E-state index contributed by atoms with van der Waals surface area (Å²) in [6.07, 6.45) is 0. The van der Waals surface area contributed by atoms with Gasteiger partial charge in [-0.1, -0.05) is 36.4 Å². The fraction of sp³-hybridized carbons (Fsp3) is 0.231. The Hall–Kier alpha value is -1.35. The molecule has 0 saturated heterocycles. The zero-order valence-electron chi connectivity index (χ0n) is 9.34. The van der Waals surface area contributed by atoms with Gasteiger partial charge in [0, 0.05) is 5.39 Å². The molecule has 2 rings (SSSR count). The molecule has 0 aliphatic carbocycles. The van der Waals surface area contributed by atoms with Gasteiger partial charge in [0.15, 0.2) is 9.84 Å². The molecule has 2 nitrogen and oxygen atoms in total. The van der Waals surface area contributed by atoms with Gasteiger partial charge in [-0.05, 0) is 25.3 Å². The van der Waals surface area contributed by atoms with E-state index in [1.165, 1.54) is 0 Å². The van der Waals surface area contributed by atoms with E-state index in [0.717, 1.165) is 10.8 Å². The number of benzene rings is 2. The highest BCUT2D eigenvalue weighted by molar-refractivity contribution is 7.92. The van der Waals surface area contributed by atoms with Crippen LogP contribution < -0.4 is 0 Å². The van der Waals surface area contributed by atoms with Crippen LogP contribution in [0.2, 0.25) is 0 Å². The smallest absolute Gasteiger partial charge is 0.181 e. The van der Waals surface area contributed by atoms with Gasteiger partial charge in [-0.15, -0.1) is 0 Å². The van der Waals surface area contributed by atoms with Crippen LogP contribution in [0.4, 0.5) is 0 Å².